The largest absolute Gasteiger partial charge is 0.378 e. The molecule has 0 aliphatic carbocycles. The van der Waals surface area contributed by atoms with Gasteiger partial charge in [-0.25, -0.2) is 8.78 Å². The van der Waals surface area contributed by atoms with E-state index in [1.165, 1.54) is 24.3 Å². The third-order valence-electron chi connectivity index (χ3n) is 2.76. The van der Waals surface area contributed by atoms with Gasteiger partial charge >= 0.3 is 0 Å². The van der Waals surface area contributed by atoms with Crippen molar-refractivity contribution in [2.45, 2.75) is 6.54 Å². The molecule has 8 heteroatoms. The van der Waals surface area contributed by atoms with Gasteiger partial charge < -0.3 is 5.32 Å². The molecule has 0 unspecified atom stereocenters. The molecule has 0 aliphatic rings. The Hall–Kier alpha value is -1.73. The van der Waals surface area contributed by atoms with Gasteiger partial charge in [-0.2, -0.15) is 0 Å². The average molecular weight is 378 g/mol. The topological polar surface area (TPSA) is 55.2 Å². The van der Waals surface area contributed by atoms with Gasteiger partial charge in [-0.1, -0.05) is 17.7 Å². The Bertz CT molecular complexity index is 713. The van der Waals surface area contributed by atoms with E-state index in [9.17, 15) is 18.9 Å². The highest BCUT2D eigenvalue weighted by atomic mass is 79.9. The van der Waals surface area contributed by atoms with Crippen LogP contribution in [-0.4, -0.2) is 4.92 Å². The summed E-state index contributed by atoms with van der Waals surface area (Å²) in [5, 5.41) is 13.8. The molecule has 0 saturated carbocycles. The van der Waals surface area contributed by atoms with Crippen LogP contribution < -0.4 is 5.32 Å². The van der Waals surface area contributed by atoms with Gasteiger partial charge in [0, 0.05) is 18.7 Å². The fourth-order valence-corrected chi connectivity index (χ4v) is 2.31. The minimum atomic E-state index is -0.801. The molecule has 0 radical (unpaired) electrons. The Labute approximate surface area is 132 Å². The summed E-state index contributed by atoms with van der Waals surface area (Å²) < 4.78 is 26.8. The Balaban J connectivity index is 2.29. The summed E-state index contributed by atoms with van der Waals surface area (Å²) in [6.45, 7) is -0.0645. The molecule has 0 aromatic heterocycles. The monoisotopic (exact) mass is 376 g/mol. The fourth-order valence-electron chi connectivity index (χ4n) is 1.73. The van der Waals surface area contributed by atoms with Gasteiger partial charge in [0.25, 0.3) is 5.69 Å². The van der Waals surface area contributed by atoms with Gasteiger partial charge in [0.15, 0.2) is 0 Å². The standard InChI is InChI=1S/C13H8BrClF2N2O2/c14-8-4-12(11(17)5-10(8)16)18-6-7-9(15)2-1-3-13(7)19(20)21/h1-5,18H,6H2. The number of halogens is 4. The van der Waals surface area contributed by atoms with Crippen LogP contribution in [0.3, 0.4) is 0 Å². The van der Waals surface area contributed by atoms with E-state index in [4.69, 9.17) is 11.6 Å². The smallest absolute Gasteiger partial charge is 0.275 e. The molecule has 2 aromatic carbocycles. The summed E-state index contributed by atoms with van der Waals surface area (Å²) in [7, 11) is 0. The number of anilines is 1. The van der Waals surface area contributed by atoms with Crippen LogP contribution in [0.15, 0.2) is 34.8 Å². The molecule has 0 atom stereocenters. The minimum absolute atomic E-state index is 0.0116. The molecule has 2 rings (SSSR count). The van der Waals surface area contributed by atoms with Gasteiger partial charge in [-0.05, 0) is 28.1 Å². The Kier molecular flexibility index (Phi) is 4.74. The molecule has 0 fully saturated rings. The highest BCUT2D eigenvalue weighted by Crippen LogP contribution is 2.29. The molecule has 1 N–H and O–H groups in total. The molecular weight excluding hydrogens is 370 g/mol. The molecule has 0 saturated heterocycles. The van der Waals surface area contributed by atoms with Crippen LogP contribution in [0.2, 0.25) is 5.02 Å². The lowest BCUT2D eigenvalue weighted by Gasteiger charge is -2.10. The van der Waals surface area contributed by atoms with E-state index in [1.54, 1.807) is 0 Å². The summed E-state index contributed by atoms with van der Waals surface area (Å²) in [5.74, 6) is -1.54. The van der Waals surface area contributed by atoms with E-state index in [2.05, 4.69) is 21.2 Å². The summed E-state index contributed by atoms with van der Waals surface area (Å²) in [6.07, 6.45) is 0. The number of nitro benzene ring substituents is 1. The number of hydrogen-bond donors (Lipinski definition) is 1. The summed E-state index contributed by atoms with van der Waals surface area (Å²) >= 11 is 8.87. The van der Waals surface area contributed by atoms with Gasteiger partial charge in [-0.15, -0.1) is 0 Å². The molecule has 0 spiro atoms. The Morgan fingerprint density at radius 2 is 2.00 bits per heavy atom. The van der Waals surface area contributed by atoms with Crippen molar-refractivity contribution in [1.29, 1.82) is 0 Å². The molecule has 110 valence electrons. The summed E-state index contributed by atoms with van der Waals surface area (Å²) in [6, 6.07) is 6.20. The number of nitro groups is 1. The van der Waals surface area contributed by atoms with Gasteiger partial charge in [0.2, 0.25) is 0 Å². The van der Waals surface area contributed by atoms with Crippen molar-refractivity contribution in [3.8, 4) is 0 Å². The van der Waals surface area contributed by atoms with E-state index >= 15 is 0 Å². The fraction of sp³-hybridized carbons (Fsp3) is 0.0769. The lowest BCUT2D eigenvalue weighted by molar-refractivity contribution is -0.385. The normalized spacial score (nSPS) is 10.5. The molecule has 4 nitrogen and oxygen atoms in total. The second-order valence-electron chi connectivity index (χ2n) is 4.09. The van der Waals surface area contributed by atoms with Gasteiger partial charge in [-0.3, -0.25) is 10.1 Å². The molecule has 2 aromatic rings. The molecular formula is C13H8BrClF2N2O2. The van der Waals surface area contributed by atoms with Crippen molar-refractivity contribution in [3.63, 3.8) is 0 Å². The number of rotatable bonds is 4. The van der Waals surface area contributed by atoms with E-state index in [1.807, 2.05) is 0 Å². The van der Waals surface area contributed by atoms with Crippen molar-refractivity contribution in [2.24, 2.45) is 0 Å². The first-order valence-corrected chi connectivity index (χ1v) is 6.87. The predicted molar refractivity (Wildman–Crippen MR) is 79.5 cm³/mol. The van der Waals surface area contributed by atoms with E-state index < -0.39 is 16.6 Å². The quantitative estimate of drug-likeness (QED) is 0.468. The van der Waals surface area contributed by atoms with Crippen LogP contribution in [0.4, 0.5) is 20.2 Å². The van der Waals surface area contributed by atoms with Gasteiger partial charge in [0.1, 0.15) is 11.6 Å². The first-order chi connectivity index (χ1) is 9.90. The molecule has 0 heterocycles. The zero-order chi connectivity index (χ0) is 15.6. The van der Waals surface area contributed by atoms with Gasteiger partial charge in [0.05, 0.1) is 25.7 Å². The summed E-state index contributed by atoms with van der Waals surface area (Å²) in [5.41, 5.74) is 0.0677. The third-order valence-corrected chi connectivity index (χ3v) is 3.72. The maximum Gasteiger partial charge on any atom is 0.275 e. The maximum atomic E-state index is 13.6. The number of benzene rings is 2. The van der Waals surface area contributed by atoms with E-state index in [0.29, 0.717) is 6.07 Å². The van der Waals surface area contributed by atoms with Crippen molar-refractivity contribution in [1.82, 2.24) is 0 Å². The van der Waals surface area contributed by atoms with Crippen LogP contribution in [0, 0.1) is 21.7 Å². The number of nitrogens with one attached hydrogen (secondary N) is 1. The molecule has 21 heavy (non-hydrogen) atoms. The number of hydrogen-bond acceptors (Lipinski definition) is 3. The van der Waals surface area contributed by atoms with E-state index in [0.717, 1.165) is 0 Å². The Morgan fingerprint density at radius 3 is 2.67 bits per heavy atom. The highest BCUT2D eigenvalue weighted by molar-refractivity contribution is 9.10. The van der Waals surface area contributed by atoms with Crippen molar-refractivity contribution < 1.29 is 13.7 Å². The van der Waals surface area contributed by atoms with Crippen molar-refractivity contribution >= 4 is 38.9 Å². The highest BCUT2D eigenvalue weighted by Gasteiger charge is 2.17. The lowest BCUT2D eigenvalue weighted by atomic mass is 10.1. The second-order valence-corrected chi connectivity index (χ2v) is 5.36. The van der Waals surface area contributed by atoms with Crippen molar-refractivity contribution in [2.75, 3.05) is 5.32 Å². The number of nitrogens with zero attached hydrogens (tertiary/aromatic N) is 1. The summed E-state index contributed by atoms with van der Waals surface area (Å²) in [4.78, 5) is 10.4. The third kappa shape index (κ3) is 3.48. The van der Waals surface area contributed by atoms with Crippen LogP contribution in [0.5, 0.6) is 0 Å². The molecule has 0 amide bonds. The Morgan fingerprint density at radius 1 is 1.29 bits per heavy atom. The zero-order valence-electron chi connectivity index (χ0n) is 10.4. The maximum absolute atomic E-state index is 13.6. The SMILES string of the molecule is O=[N+]([O-])c1cccc(Cl)c1CNc1cc(Br)c(F)cc1F. The second kappa shape index (κ2) is 6.36. The first kappa shape index (κ1) is 15.7. The molecule has 0 aliphatic heterocycles. The first-order valence-electron chi connectivity index (χ1n) is 5.70. The average Bonchev–Trinajstić information content (AvgIpc) is 2.42. The van der Waals surface area contributed by atoms with Crippen LogP contribution in [0.1, 0.15) is 5.56 Å². The van der Waals surface area contributed by atoms with Crippen LogP contribution in [-0.2, 0) is 6.54 Å². The predicted octanol–water partition coefficient (Wildman–Crippen LogP) is 4.90. The lowest BCUT2D eigenvalue weighted by Crippen LogP contribution is -2.05. The zero-order valence-corrected chi connectivity index (χ0v) is 12.7. The van der Waals surface area contributed by atoms with Crippen LogP contribution >= 0.6 is 27.5 Å². The molecule has 0 bridgehead atoms. The van der Waals surface area contributed by atoms with E-state index in [-0.39, 0.29) is 33.0 Å². The van der Waals surface area contributed by atoms with Crippen molar-refractivity contribution in [3.05, 3.63) is 67.1 Å². The minimum Gasteiger partial charge on any atom is -0.378 e. The van der Waals surface area contributed by atoms with Crippen LogP contribution in [0.25, 0.3) is 0 Å².